The molecule has 0 saturated heterocycles. The highest BCUT2D eigenvalue weighted by Crippen LogP contribution is 2.31. The summed E-state index contributed by atoms with van der Waals surface area (Å²) in [7, 11) is -3.96. The summed E-state index contributed by atoms with van der Waals surface area (Å²) in [5, 5.41) is 0.794. The summed E-state index contributed by atoms with van der Waals surface area (Å²) in [5.41, 5.74) is 3.36. The minimum absolute atomic E-state index is 0.0566. The first-order valence-electron chi connectivity index (χ1n) is 10.2. The number of halogens is 3. The first kappa shape index (κ1) is 24.2. The lowest BCUT2D eigenvalue weighted by atomic mass is 10.2. The van der Waals surface area contributed by atoms with Crippen LogP contribution in [-0.4, -0.2) is 31.7 Å². The van der Waals surface area contributed by atoms with Gasteiger partial charge < -0.3 is 4.90 Å². The molecule has 0 fully saturated rings. The van der Waals surface area contributed by atoms with E-state index in [9.17, 15) is 13.2 Å². The van der Waals surface area contributed by atoms with E-state index < -0.39 is 10.0 Å². The van der Waals surface area contributed by atoms with Crippen molar-refractivity contribution in [1.82, 2.24) is 4.31 Å². The van der Waals surface area contributed by atoms with Gasteiger partial charge in [0.25, 0.3) is 0 Å². The van der Waals surface area contributed by atoms with Gasteiger partial charge in [-0.05, 0) is 66.9 Å². The Hall–Kier alpha value is -1.90. The molecule has 172 valence electrons. The fourth-order valence-electron chi connectivity index (χ4n) is 3.79. The van der Waals surface area contributed by atoms with Crippen LogP contribution in [0.15, 0.2) is 70.0 Å². The number of hydrogen-bond donors (Lipinski definition) is 0. The van der Waals surface area contributed by atoms with Gasteiger partial charge in [0.2, 0.25) is 15.9 Å². The number of rotatable bonds is 6. The van der Waals surface area contributed by atoms with Crippen LogP contribution >= 0.6 is 39.1 Å². The lowest BCUT2D eigenvalue weighted by Crippen LogP contribution is -2.42. The van der Waals surface area contributed by atoms with E-state index in [0.29, 0.717) is 28.6 Å². The predicted octanol–water partition coefficient (Wildman–Crippen LogP) is 5.84. The van der Waals surface area contributed by atoms with Crippen LogP contribution in [0.25, 0.3) is 0 Å². The predicted molar refractivity (Wildman–Crippen MR) is 135 cm³/mol. The molecule has 1 amide bonds. The summed E-state index contributed by atoms with van der Waals surface area (Å²) in [6, 6.07) is 17.2. The van der Waals surface area contributed by atoms with E-state index in [2.05, 4.69) is 15.9 Å². The van der Waals surface area contributed by atoms with E-state index in [1.165, 1.54) is 4.31 Å². The van der Waals surface area contributed by atoms with Crippen LogP contribution in [-0.2, 0) is 27.8 Å². The summed E-state index contributed by atoms with van der Waals surface area (Å²) in [4.78, 5) is 15.1. The molecule has 5 nitrogen and oxygen atoms in total. The van der Waals surface area contributed by atoms with Gasteiger partial charge in [-0.15, -0.1) is 0 Å². The van der Waals surface area contributed by atoms with Gasteiger partial charge in [0, 0.05) is 33.3 Å². The van der Waals surface area contributed by atoms with Crippen LogP contribution < -0.4 is 4.90 Å². The van der Waals surface area contributed by atoms with E-state index >= 15 is 0 Å². The van der Waals surface area contributed by atoms with Crippen molar-refractivity contribution < 1.29 is 13.2 Å². The third-order valence-corrected chi connectivity index (χ3v) is 8.46. The Labute approximate surface area is 212 Å². The zero-order valence-electron chi connectivity index (χ0n) is 17.8. The lowest BCUT2D eigenvalue weighted by molar-refractivity contribution is -0.118. The van der Waals surface area contributed by atoms with Crippen LogP contribution in [0.2, 0.25) is 10.0 Å². The molecule has 0 saturated carbocycles. The highest BCUT2D eigenvalue weighted by atomic mass is 79.9. The van der Waals surface area contributed by atoms with Crippen LogP contribution in [0.1, 0.15) is 16.7 Å². The second-order valence-electron chi connectivity index (χ2n) is 7.89. The minimum atomic E-state index is -3.96. The molecule has 0 unspecified atom stereocenters. The quantitative estimate of drug-likeness (QED) is 0.376. The number of fused-ring (bicyclic) bond motifs is 1. The number of hydrogen-bond acceptors (Lipinski definition) is 3. The molecule has 1 heterocycles. The number of carbonyl (C=O) groups is 1. The highest BCUT2D eigenvalue weighted by molar-refractivity contribution is 9.10. The molecule has 0 aliphatic carbocycles. The molecular formula is C24H21BrCl2N2O3S. The van der Waals surface area contributed by atoms with Crippen molar-refractivity contribution in [2.24, 2.45) is 0 Å². The van der Waals surface area contributed by atoms with Gasteiger partial charge in [0.1, 0.15) is 0 Å². The summed E-state index contributed by atoms with van der Waals surface area (Å²) < 4.78 is 29.2. The van der Waals surface area contributed by atoms with Gasteiger partial charge in [-0.3, -0.25) is 4.79 Å². The number of sulfonamides is 1. The molecule has 0 bridgehead atoms. The average molecular weight is 568 g/mol. The summed E-state index contributed by atoms with van der Waals surface area (Å²) in [6.07, 6.45) is 0.717. The zero-order chi connectivity index (χ0) is 23.8. The Kier molecular flexibility index (Phi) is 7.17. The van der Waals surface area contributed by atoms with E-state index in [1.54, 1.807) is 47.4 Å². The molecule has 1 aliphatic heterocycles. The molecule has 0 spiro atoms. The fourth-order valence-corrected chi connectivity index (χ4v) is 6.04. The number of amides is 1. The first-order valence-corrected chi connectivity index (χ1v) is 13.2. The van der Waals surface area contributed by atoms with Gasteiger partial charge in [-0.2, -0.15) is 4.31 Å². The van der Waals surface area contributed by atoms with Crippen LogP contribution in [0.3, 0.4) is 0 Å². The largest absolute Gasteiger partial charge is 0.311 e. The van der Waals surface area contributed by atoms with Gasteiger partial charge in [-0.25, -0.2) is 8.42 Å². The van der Waals surface area contributed by atoms with Gasteiger partial charge >= 0.3 is 0 Å². The normalized spacial score (nSPS) is 13.4. The van der Waals surface area contributed by atoms with Crippen LogP contribution in [0.5, 0.6) is 0 Å². The first-order chi connectivity index (χ1) is 15.6. The molecule has 3 aromatic rings. The number of aryl methyl sites for hydroxylation is 1. The molecule has 0 N–H and O–H groups in total. The molecule has 4 rings (SSSR count). The van der Waals surface area contributed by atoms with Gasteiger partial charge in [-0.1, -0.05) is 62.9 Å². The Balaban J connectivity index is 1.67. The second kappa shape index (κ2) is 9.76. The van der Waals surface area contributed by atoms with E-state index in [-0.39, 0.29) is 23.9 Å². The number of carbonyl (C=O) groups excluding carboxylic acids is 1. The zero-order valence-corrected chi connectivity index (χ0v) is 21.7. The molecule has 0 radical (unpaired) electrons. The lowest BCUT2D eigenvalue weighted by Gasteiger charge is -2.25. The highest BCUT2D eigenvalue weighted by Gasteiger charge is 2.32. The maximum atomic E-state index is 13.5. The molecule has 0 aromatic heterocycles. The van der Waals surface area contributed by atoms with E-state index in [1.807, 2.05) is 25.1 Å². The fraction of sp³-hybridized carbons (Fsp3) is 0.208. The Morgan fingerprint density at radius 3 is 2.48 bits per heavy atom. The second-order valence-corrected chi connectivity index (χ2v) is 11.6. The van der Waals surface area contributed by atoms with Gasteiger partial charge in [0.05, 0.1) is 11.4 Å². The van der Waals surface area contributed by atoms with E-state index in [4.69, 9.17) is 23.2 Å². The summed E-state index contributed by atoms with van der Waals surface area (Å²) >= 11 is 15.8. The van der Waals surface area contributed by atoms with Crippen molar-refractivity contribution in [3.8, 4) is 0 Å². The van der Waals surface area contributed by atoms with Crippen molar-refractivity contribution in [1.29, 1.82) is 0 Å². The molecule has 0 atom stereocenters. The number of anilines is 1. The maximum Gasteiger partial charge on any atom is 0.243 e. The third kappa shape index (κ3) is 5.28. The van der Waals surface area contributed by atoms with Crippen molar-refractivity contribution in [3.05, 3.63) is 91.9 Å². The summed E-state index contributed by atoms with van der Waals surface area (Å²) in [5.74, 6) is -0.295. The SMILES string of the molecule is Cc1ccc(S(=O)(=O)N(CC(=O)N2CCc3cc(Br)ccc32)Cc2ccc(Cl)cc2Cl)cc1. The molecule has 1 aliphatic rings. The standard InChI is InChI=1S/C24H21BrCl2N2O3S/c1-16-2-7-21(8-3-16)33(31,32)28(14-18-4-6-20(26)13-22(18)27)15-24(30)29-11-10-17-12-19(25)5-9-23(17)29/h2-9,12-13H,10-11,14-15H2,1H3. The molecule has 33 heavy (non-hydrogen) atoms. The van der Waals surface area contributed by atoms with Crippen molar-refractivity contribution in [3.63, 3.8) is 0 Å². The minimum Gasteiger partial charge on any atom is -0.311 e. The Bertz CT molecular complexity index is 1310. The van der Waals surface area contributed by atoms with E-state index in [0.717, 1.165) is 21.3 Å². The monoisotopic (exact) mass is 566 g/mol. The maximum absolute atomic E-state index is 13.5. The van der Waals surface area contributed by atoms with Crippen LogP contribution in [0.4, 0.5) is 5.69 Å². The average Bonchev–Trinajstić information content (AvgIpc) is 3.18. The number of nitrogens with zero attached hydrogens (tertiary/aromatic N) is 2. The third-order valence-electron chi connectivity index (χ3n) is 5.57. The Morgan fingerprint density at radius 2 is 1.79 bits per heavy atom. The molecular weight excluding hydrogens is 547 g/mol. The molecule has 3 aromatic carbocycles. The van der Waals surface area contributed by atoms with Gasteiger partial charge in [0.15, 0.2) is 0 Å². The van der Waals surface area contributed by atoms with Crippen molar-refractivity contribution in [2.45, 2.75) is 24.8 Å². The van der Waals surface area contributed by atoms with Crippen molar-refractivity contribution in [2.75, 3.05) is 18.0 Å². The number of benzene rings is 3. The topological polar surface area (TPSA) is 57.7 Å². The summed E-state index contributed by atoms with van der Waals surface area (Å²) in [6.45, 7) is 2.02. The smallest absolute Gasteiger partial charge is 0.243 e. The molecule has 9 heteroatoms. The Morgan fingerprint density at radius 1 is 1.06 bits per heavy atom. The van der Waals surface area contributed by atoms with Crippen LogP contribution in [0, 0.1) is 6.92 Å². The van der Waals surface area contributed by atoms with Crippen molar-refractivity contribution >= 4 is 60.7 Å².